The monoisotopic (exact) mass is 357 g/mol. The predicted octanol–water partition coefficient (Wildman–Crippen LogP) is 7.10. The molecule has 128 valence electrons. The summed E-state index contributed by atoms with van der Waals surface area (Å²) in [5.41, 5.74) is 7.71. The number of benzene rings is 2. The van der Waals surface area contributed by atoms with Crippen LogP contribution in [0.25, 0.3) is 43.3 Å². The lowest BCUT2D eigenvalue weighted by molar-refractivity contribution is 0.673. The molecule has 0 unspecified atom stereocenters. The van der Waals surface area contributed by atoms with Crippen molar-refractivity contribution < 1.29 is 4.42 Å². The molecule has 0 amide bonds. The second-order valence-corrected chi connectivity index (χ2v) is 8.29. The molecule has 0 aliphatic heterocycles. The number of thiophene rings is 1. The average molecular weight is 357 g/mol. The minimum absolute atomic E-state index is 0.925. The van der Waals surface area contributed by atoms with Gasteiger partial charge in [-0.3, -0.25) is 4.98 Å². The Kier molecular flexibility index (Phi) is 3.25. The van der Waals surface area contributed by atoms with Gasteiger partial charge in [-0.2, -0.15) is 0 Å². The largest absolute Gasteiger partial charge is 0.455 e. The molecule has 2 aromatic carbocycles. The molecule has 2 nitrogen and oxygen atoms in total. The van der Waals surface area contributed by atoms with Crippen LogP contribution in [0.15, 0.2) is 47.0 Å². The third-order valence-corrected chi connectivity index (χ3v) is 6.62. The highest BCUT2D eigenvalue weighted by Crippen LogP contribution is 2.42. The van der Waals surface area contributed by atoms with Gasteiger partial charge in [0.05, 0.1) is 5.69 Å². The molecule has 3 heterocycles. The smallest absolute Gasteiger partial charge is 0.144 e. The van der Waals surface area contributed by atoms with Gasteiger partial charge < -0.3 is 4.42 Å². The number of pyridine rings is 1. The van der Waals surface area contributed by atoms with Crippen LogP contribution in [0.2, 0.25) is 0 Å². The molecule has 0 fully saturated rings. The molecule has 0 spiro atoms. The standard InChI is InChI=1S/C23H19NOS/c1-12-10-19(24-11-13(12)2)18-7-5-6-16-17-8-9-20-21(14(3)15(4)26-20)23(17)25-22(16)18/h5-11H,1-4H3. The number of hydrogen-bond donors (Lipinski definition) is 0. The first kappa shape index (κ1) is 15.6. The van der Waals surface area contributed by atoms with Crippen molar-refractivity contribution in [1.82, 2.24) is 4.98 Å². The van der Waals surface area contributed by atoms with Crippen LogP contribution < -0.4 is 0 Å². The summed E-state index contributed by atoms with van der Waals surface area (Å²) in [4.78, 5) is 6.01. The van der Waals surface area contributed by atoms with Gasteiger partial charge in [0.1, 0.15) is 11.2 Å². The number of para-hydroxylation sites is 1. The van der Waals surface area contributed by atoms with Crippen molar-refractivity contribution in [1.29, 1.82) is 0 Å². The topological polar surface area (TPSA) is 26.0 Å². The van der Waals surface area contributed by atoms with Crippen molar-refractivity contribution in [3.05, 3.63) is 64.2 Å². The van der Waals surface area contributed by atoms with Crippen LogP contribution in [0.3, 0.4) is 0 Å². The molecular formula is C23H19NOS. The van der Waals surface area contributed by atoms with Crippen LogP contribution in [0, 0.1) is 27.7 Å². The number of fused-ring (bicyclic) bond motifs is 5. The van der Waals surface area contributed by atoms with Crippen LogP contribution >= 0.6 is 11.3 Å². The Morgan fingerprint density at radius 3 is 2.50 bits per heavy atom. The maximum atomic E-state index is 6.48. The van der Waals surface area contributed by atoms with Crippen LogP contribution in [-0.4, -0.2) is 4.98 Å². The molecule has 0 aliphatic carbocycles. The number of hydrogen-bond acceptors (Lipinski definition) is 3. The molecule has 0 saturated carbocycles. The summed E-state index contributed by atoms with van der Waals surface area (Å²) in [6.07, 6.45) is 1.94. The number of nitrogens with zero attached hydrogens (tertiary/aromatic N) is 1. The van der Waals surface area contributed by atoms with Gasteiger partial charge in [-0.05, 0) is 68.7 Å². The SMILES string of the molecule is Cc1cnc(-c2cccc3c2oc2c3ccc3sc(C)c(C)c32)cc1C. The van der Waals surface area contributed by atoms with Crippen molar-refractivity contribution in [2.24, 2.45) is 0 Å². The summed E-state index contributed by atoms with van der Waals surface area (Å²) >= 11 is 1.84. The first-order chi connectivity index (χ1) is 12.5. The highest BCUT2D eigenvalue weighted by molar-refractivity contribution is 7.19. The third kappa shape index (κ3) is 2.07. The Morgan fingerprint density at radius 1 is 0.885 bits per heavy atom. The van der Waals surface area contributed by atoms with Crippen molar-refractivity contribution in [3.8, 4) is 11.3 Å². The molecule has 3 heteroatoms. The molecule has 0 radical (unpaired) electrons. The molecule has 0 atom stereocenters. The number of rotatable bonds is 1. The molecular weight excluding hydrogens is 338 g/mol. The van der Waals surface area contributed by atoms with Crippen LogP contribution in [0.5, 0.6) is 0 Å². The quantitative estimate of drug-likeness (QED) is 0.320. The maximum Gasteiger partial charge on any atom is 0.144 e. The van der Waals surface area contributed by atoms with E-state index in [1.54, 1.807) is 0 Å². The van der Waals surface area contributed by atoms with Gasteiger partial charge >= 0.3 is 0 Å². The third-order valence-electron chi connectivity index (χ3n) is 5.44. The first-order valence-electron chi connectivity index (χ1n) is 8.82. The van der Waals surface area contributed by atoms with Crippen LogP contribution in [-0.2, 0) is 0 Å². The van der Waals surface area contributed by atoms with E-state index in [0.717, 1.165) is 27.8 Å². The second kappa shape index (κ2) is 5.42. The number of aromatic nitrogens is 1. The van der Waals surface area contributed by atoms with Gasteiger partial charge in [-0.25, -0.2) is 0 Å². The molecule has 3 aromatic heterocycles. The van der Waals surface area contributed by atoms with Gasteiger partial charge in [0, 0.05) is 37.5 Å². The zero-order valence-corrected chi connectivity index (χ0v) is 16.1. The van der Waals surface area contributed by atoms with E-state index in [0.29, 0.717) is 0 Å². The molecule has 0 aliphatic rings. The van der Waals surface area contributed by atoms with E-state index in [2.05, 4.69) is 69.1 Å². The lowest BCUT2D eigenvalue weighted by Crippen LogP contribution is -1.88. The lowest BCUT2D eigenvalue weighted by atomic mass is 10.0. The van der Waals surface area contributed by atoms with Crippen LogP contribution in [0.4, 0.5) is 0 Å². The fourth-order valence-corrected chi connectivity index (χ4v) is 4.74. The number of furan rings is 1. The molecule has 0 bridgehead atoms. The summed E-state index contributed by atoms with van der Waals surface area (Å²) in [5.74, 6) is 0. The van der Waals surface area contributed by atoms with E-state index in [1.807, 2.05) is 17.5 Å². The van der Waals surface area contributed by atoms with E-state index in [-0.39, 0.29) is 0 Å². The van der Waals surface area contributed by atoms with Crippen LogP contribution in [0.1, 0.15) is 21.6 Å². The van der Waals surface area contributed by atoms with E-state index in [9.17, 15) is 0 Å². The summed E-state index contributed by atoms with van der Waals surface area (Å²) in [5, 5.41) is 3.59. The molecule has 0 N–H and O–H groups in total. The predicted molar refractivity (Wildman–Crippen MR) is 111 cm³/mol. The summed E-state index contributed by atoms with van der Waals surface area (Å²) in [6, 6.07) is 12.9. The molecule has 0 saturated heterocycles. The lowest BCUT2D eigenvalue weighted by Gasteiger charge is -2.05. The van der Waals surface area contributed by atoms with Gasteiger partial charge in [0.15, 0.2) is 0 Å². The van der Waals surface area contributed by atoms with E-state index in [1.165, 1.54) is 37.0 Å². The van der Waals surface area contributed by atoms with Gasteiger partial charge in [0.25, 0.3) is 0 Å². The van der Waals surface area contributed by atoms with Crippen molar-refractivity contribution >= 4 is 43.4 Å². The maximum absolute atomic E-state index is 6.48. The van der Waals surface area contributed by atoms with Crippen molar-refractivity contribution in [3.63, 3.8) is 0 Å². The summed E-state index contributed by atoms with van der Waals surface area (Å²) in [6.45, 7) is 8.58. The van der Waals surface area contributed by atoms with Gasteiger partial charge in [-0.1, -0.05) is 12.1 Å². The Labute approximate surface area is 156 Å². The fourth-order valence-electron chi connectivity index (χ4n) is 3.67. The zero-order chi connectivity index (χ0) is 18.0. The normalized spacial score (nSPS) is 11.8. The van der Waals surface area contributed by atoms with Gasteiger partial charge in [-0.15, -0.1) is 11.3 Å². The molecule has 5 rings (SSSR count). The van der Waals surface area contributed by atoms with E-state index in [4.69, 9.17) is 4.42 Å². The van der Waals surface area contributed by atoms with E-state index < -0.39 is 0 Å². The molecule has 5 aromatic rings. The van der Waals surface area contributed by atoms with Gasteiger partial charge in [0.2, 0.25) is 0 Å². The Morgan fingerprint density at radius 2 is 1.69 bits per heavy atom. The zero-order valence-electron chi connectivity index (χ0n) is 15.3. The second-order valence-electron chi connectivity index (χ2n) is 7.04. The fraction of sp³-hybridized carbons (Fsp3) is 0.174. The van der Waals surface area contributed by atoms with E-state index >= 15 is 0 Å². The summed E-state index contributed by atoms with van der Waals surface area (Å²) in [7, 11) is 0. The van der Waals surface area contributed by atoms with Crippen molar-refractivity contribution in [2.75, 3.05) is 0 Å². The average Bonchev–Trinajstić information content (AvgIpc) is 3.15. The highest BCUT2D eigenvalue weighted by Gasteiger charge is 2.17. The highest BCUT2D eigenvalue weighted by atomic mass is 32.1. The minimum atomic E-state index is 0.925. The summed E-state index contributed by atoms with van der Waals surface area (Å²) < 4.78 is 7.77. The first-order valence-corrected chi connectivity index (χ1v) is 9.64. The van der Waals surface area contributed by atoms with Crippen molar-refractivity contribution in [2.45, 2.75) is 27.7 Å². The number of aryl methyl sites for hydroxylation is 4. The Bertz CT molecular complexity index is 1320. The Balaban J connectivity index is 1.90. The minimum Gasteiger partial charge on any atom is -0.455 e. The Hall–Kier alpha value is -2.65. The molecule has 26 heavy (non-hydrogen) atoms.